The van der Waals surface area contributed by atoms with E-state index in [1.807, 2.05) is 27.2 Å². The number of hydrogen-bond donors (Lipinski definition) is 1. The lowest BCUT2D eigenvalue weighted by atomic mass is 10.0. The van der Waals surface area contributed by atoms with Crippen molar-refractivity contribution < 1.29 is 42.9 Å². The summed E-state index contributed by atoms with van der Waals surface area (Å²) in [5.74, 6) is -2.17. The molecule has 0 saturated heterocycles. The molecule has 0 aliphatic carbocycles. The minimum Gasteiger partial charge on any atom is -0.477 e. The molecule has 0 saturated carbocycles. The summed E-state index contributed by atoms with van der Waals surface area (Å²) >= 11 is 0. The third-order valence-electron chi connectivity index (χ3n) is 13.2. The van der Waals surface area contributed by atoms with Gasteiger partial charge in [-0.25, -0.2) is 4.79 Å². The number of carboxylic acid groups (broad SMARTS) is 1. The van der Waals surface area contributed by atoms with Gasteiger partial charge in [-0.2, -0.15) is 0 Å². The van der Waals surface area contributed by atoms with Crippen molar-refractivity contribution in [3.63, 3.8) is 0 Å². The molecular weight excluding hydrogens is 983 g/mol. The Kier molecular flexibility index (Phi) is 56.5. The van der Waals surface area contributed by atoms with E-state index in [0.717, 1.165) is 77.0 Å². The molecule has 0 amide bonds. The second-order valence-electron chi connectivity index (χ2n) is 22.0. The summed E-state index contributed by atoms with van der Waals surface area (Å²) < 4.78 is 22.7. The van der Waals surface area contributed by atoms with Crippen molar-refractivity contribution in [3.05, 3.63) is 122 Å². The largest absolute Gasteiger partial charge is 0.477 e. The van der Waals surface area contributed by atoms with Crippen LogP contribution in [-0.2, 0) is 33.3 Å². The van der Waals surface area contributed by atoms with Crippen LogP contribution in [0, 0.1) is 0 Å². The van der Waals surface area contributed by atoms with Crippen LogP contribution in [0.25, 0.3) is 0 Å². The summed E-state index contributed by atoms with van der Waals surface area (Å²) in [6, 6.07) is 0. The number of nitrogens with zero attached hydrogens (tertiary/aromatic N) is 1. The molecule has 9 heteroatoms. The van der Waals surface area contributed by atoms with Gasteiger partial charge in [0.2, 0.25) is 0 Å². The number of likely N-dealkylation sites (N-methyl/N-ethyl adjacent to an activating group) is 1. The van der Waals surface area contributed by atoms with Crippen LogP contribution in [0.3, 0.4) is 0 Å². The highest BCUT2D eigenvalue weighted by Crippen LogP contribution is 2.17. The second-order valence-corrected chi connectivity index (χ2v) is 22.0. The van der Waals surface area contributed by atoms with Crippen LogP contribution in [0.4, 0.5) is 0 Å². The van der Waals surface area contributed by atoms with E-state index in [1.165, 1.54) is 128 Å². The summed E-state index contributed by atoms with van der Waals surface area (Å²) in [5, 5.41) is 9.70. The van der Waals surface area contributed by atoms with Crippen LogP contribution in [0.2, 0.25) is 0 Å². The van der Waals surface area contributed by atoms with Gasteiger partial charge in [0.05, 0.1) is 40.8 Å². The monoisotopic (exact) mass is 1100 g/mol. The van der Waals surface area contributed by atoms with Gasteiger partial charge < -0.3 is 28.5 Å². The number of esters is 2. The lowest BCUT2D eigenvalue weighted by Gasteiger charge is -2.25. The fourth-order valence-electron chi connectivity index (χ4n) is 8.47. The van der Waals surface area contributed by atoms with E-state index in [9.17, 15) is 19.5 Å². The van der Waals surface area contributed by atoms with Crippen molar-refractivity contribution >= 4 is 17.9 Å². The number of carboxylic acids is 1. The Balaban J connectivity index is 4.05. The van der Waals surface area contributed by atoms with Crippen LogP contribution in [0.1, 0.15) is 245 Å². The van der Waals surface area contributed by atoms with Crippen molar-refractivity contribution in [2.75, 3.05) is 47.5 Å². The number of rotatable bonds is 57. The van der Waals surface area contributed by atoms with Gasteiger partial charge in [-0.3, -0.25) is 9.59 Å². The molecule has 1 N–H and O–H groups in total. The molecule has 9 nitrogen and oxygen atoms in total. The van der Waals surface area contributed by atoms with Crippen molar-refractivity contribution in [1.82, 2.24) is 0 Å². The topological polar surface area (TPSA) is 108 Å². The van der Waals surface area contributed by atoms with Crippen LogP contribution < -0.4 is 0 Å². The molecular formula is C70H118NO8+. The van der Waals surface area contributed by atoms with E-state index >= 15 is 0 Å². The van der Waals surface area contributed by atoms with Gasteiger partial charge in [-0.15, -0.1) is 0 Å². The van der Waals surface area contributed by atoms with Crippen molar-refractivity contribution in [2.24, 2.45) is 0 Å². The molecule has 0 fully saturated rings. The molecule has 0 bridgehead atoms. The fourth-order valence-corrected chi connectivity index (χ4v) is 8.47. The fraction of sp³-hybridized carbons (Fsp3) is 0.671. The molecule has 0 heterocycles. The number of carbonyl (C=O) groups excluding carboxylic acids is 2. The average Bonchev–Trinajstić information content (AvgIpc) is 3.42. The third kappa shape index (κ3) is 61.2. The average molecular weight is 1100 g/mol. The first-order chi connectivity index (χ1) is 38.6. The summed E-state index contributed by atoms with van der Waals surface area (Å²) in [4.78, 5) is 37.3. The number of unbranched alkanes of at least 4 members (excludes halogenated alkanes) is 23. The number of quaternary nitrogens is 1. The molecule has 0 aliphatic heterocycles. The maximum absolute atomic E-state index is 12.9. The van der Waals surface area contributed by atoms with Gasteiger partial charge in [0.25, 0.3) is 6.29 Å². The molecule has 2 atom stereocenters. The standard InChI is InChI=1S/C70H117NO8/c1-6-8-10-12-14-16-18-20-22-23-24-25-26-27-28-29-30-31-32-33-34-35-36-37-38-39-40-41-42-43-44-45-47-49-51-53-55-57-59-61-68(73)79-66(65-78-70(69(74)75)76-63-62-71(3,4)5)64-77-67(72)60-58-56-54-52-50-48-46-21-19-17-15-13-11-9-7-2/h8-11,14-17,20-22,24-25,27-28,46,50,52,56,58,66,70H,6-7,12-13,18-19,23,26,29-45,47-49,51,53-55,57,59-65H2,1-5H3/p+1/b10-8-,11-9-,16-14-,17-15-,22-20-,25-24-,28-27-,46-21-,52-50-,58-56-. The molecule has 2 unspecified atom stereocenters. The smallest absolute Gasteiger partial charge is 0.361 e. The molecule has 0 spiro atoms. The number of aliphatic carboxylic acids is 1. The Morgan fingerprint density at radius 2 is 0.722 bits per heavy atom. The quantitative estimate of drug-likeness (QED) is 0.0211. The minimum atomic E-state index is -1.53. The van der Waals surface area contributed by atoms with Crippen LogP contribution in [0.15, 0.2) is 122 Å². The van der Waals surface area contributed by atoms with Crippen molar-refractivity contribution in [2.45, 2.75) is 257 Å². The lowest BCUT2D eigenvalue weighted by Crippen LogP contribution is -2.40. The third-order valence-corrected chi connectivity index (χ3v) is 13.2. The van der Waals surface area contributed by atoms with E-state index in [4.69, 9.17) is 18.9 Å². The predicted molar refractivity (Wildman–Crippen MR) is 336 cm³/mol. The van der Waals surface area contributed by atoms with Gasteiger partial charge in [0.15, 0.2) is 6.10 Å². The molecule has 450 valence electrons. The highest BCUT2D eigenvalue weighted by molar-refractivity contribution is 5.72. The molecule has 0 aromatic carbocycles. The Bertz CT molecular complexity index is 1710. The second kappa shape index (κ2) is 59.8. The summed E-state index contributed by atoms with van der Waals surface area (Å²) in [5.41, 5.74) is 0. The Hall–Kier alpha value is -4.31. The van der Waals surface area contributed by atoms with E-state index in [-0.39, 0.29) is 32.7 Å². The minimum absolute atomic E-state index is 0.0669. The zero-order chi connectivity index (χ0) is 57.6. The molecule has 79 heavy (non-hydrogen) atoms. The van der Waals surface area contributed by atoms with Crippen molar-refractivity contribution in [1.29, 1.82) is 0 Å². The van der Waals surface area contributed by atoms with Gasteiger partial charge >= 0.3 is 17.9 Å². The van der Waals surface area contributed by atoms with E-state index in [0.29, 0.717) is 23.9 Å². The van der Waals surface area contributed by atoms with E-state index < -0.39 is 30.3 Å². The Morgan fingerprint density at radius 1 is 0.392 bits per heavy atom. The van der Waals surface area contributed by atoms with E-state index in [1.54, 1.807) is 6.08 Å². The number of hydrogen-bond acceptors (Lipinski definition) is 7. The molecule has 0 rings (SSSR count). The zero-order valence-corrected chi connectivity index (χ0v) is 51.2. The maximum atomic E-state index is 12.9. The Morgan fingerprint density at radius 3 is 1.08 bits per heavy atom. The highest BCUT2D eigenvalue weighted by atomic mass is 16.7. The van der Waals surface area contributed by atoms with Gasteiger partial charge in [-0.1, -0.05) is 270 Å². The number of allylic oxidation sites excluding steroid dienone is 19. The highest BCUT2D eigenvalue weighted by Gasteiger charge is 2.25. The molecule has 0 aromatic rings. The number of ether oxygens (including phenoxy) is 4. The maximum Gasteiger partial charge on any atom is 0.361 e. The SMILES string of the molecule is CC/C=C\C/C=C\C/C=C\C/C=C\C/C=C\CCCCCCCCCCCCCCCCCCCCCCCCCC(=O)OC(COC(=O)C/C=C\C/C=C\C/C=C\C/C=C\C/C=C\CC)COC(OCC[N+](C)(C)C)C(=O)O. The first-order valence-corrected chi connectivity index (χ1v) is 31.7. The molecule has 0 aliphatic rings. The molecule has 0 aromatic heterocycles. The Labute approximate surface area is 485 Å². The first kappa shape index (κ1) is 74.7. The first-order valence-electron chi connectivity index (χ1n) is 31.7. The lowest BCUT2D eigenvalue weighted by molar-refractivity contribution is -0.870. The predicted octanol–water partition coefficient (Wildman–Crippen LogP) is 19.2. The van der Waals surface area contributed by atoms with Gasteiger partial charge in [0, 0.05) is 6.42 Å². The van der Waals surface area contributed by atoms with E-state index in [2.05, 4.69) is 123 Å². The van der Waals surface area contributed by atoms with Crippen LogP contribution >= 0.6 is 0 Å². The normalized spacial score (nSPS) is 13.6. The summed E-state index contributed by atoms with van der Waals surface area (Å²) in [7, 11) is 5.94. The van der Waals surface area contributed by atoms with Gasteiger partial charge in [-0.05, 0) is 83.5 Å². The zero-order valence-electron chi connectivity index (χ0n) is 51.2. The van der Waals surface area contributed by atoms with Gasteiger partial charge in [0.1, 0.15) is 13.2 Å². The summed E-state index contributed by atoms with van der Waals surface area (Å²) in [6.45, 7) is 4.53. The van der Waals surface area contributed by atoms with Crippen molar-refractivity contribution in [3.8, 4) is 0 Å². The van der Waals surface area contributed by atoms with Crippen LogP contribution in [-0.4, -0.2) is 87.4 Å². The molecule has 0 radical (unpaired) electrons. The number of carbonyl (C=O) groups is 3. The van der Waals surface area contributed by atoms with Crippen LogP contribution in [0.5, 0.6) is 0 Å². The summed E-state index contributed by atoms with van der Waals surface area (Å²) in [6.07, 6.45) is 82.1.